The van der Waals surface area contributed by atoms with Gasteiger partial charge in [-0.2, -0.15) is 0 Å². The maximum Gasteiger partial charge on any atom is 0.121 e. The van der Waals surface area contributed by atoms with Gasteiger partial charge in [-0.05, 0) is 105 Å². The second kappa shape index (κ2) is 10.7. The van der Waals surface area contributed by atoms with Gasteiger partial charge in [-0.25, -0.2) is 0 Å². The second-order valence-electron chi connectivity index (χ2n) is 14.9. The van der Waals surface area contributed by atoms with Crippen molar-refractivity contribution in [2.75, 3.05) is 5.73 Å². The van der Waals surface area contributed by atoms with Gasteiger partial charge in [0.1, 0.15) is 17.2 Å². The lowest BCUT2D eigenvalue weighted by Crippen LogP contribution is -2.17. The Kier molecular flexibility index (Phi) is 8.39. The Bertz CT molecular complexity index is 1330. The zero-order chi connectivity index (χ0) is 30.5. The fourth-order valence-corrected chi connectivity index (χ4v) is 5.92. The summed E-state index contributed by atoms with van der Waals surface area (Å²) in [6, 6.07) is 11.9. The van der Waals surface area contributed by atoms with Gasteiger partial charge < -0.3 is 21.1 Å². The summed E-state index contributed by atoms with van der Waals surface area (Å²) in [6.07, 6.45) is 0.767. The van der Waals surface area contributed by atoms with Crippen LogP contribution in [0, 0.1) is 13.8 Å². The van der Waals surface area contributed by atoms with Gasteiger partial charge in [0.05, 0.1) is 0 Å². The molecule has 3 aromatic rings. The van der Waals surface area contributed by atoms with Crippen molar-refractivity contribution in [3.63, 3.8) is 0 Å². The number of phenols is 3. The Morgan fingerprint density at radius 2 is 0.900 bits per heavy atom. The summed E-state index contributed by atoms with van der Waals surface area (Å²) in [5, 5.41) is 32.5. The lowest BCUT2D eigenvalue weighted by atomic mass is 9.74. The van der Waals surface area contributed by atoms with E-state index < -0.39 is 0 Å². The van der Waals surface area contributed by atoms with Crippen LogP contribution in [0.25, 0.3) is 0 Å². The highest BCUT2D eigenvalue weighted by Gasteiger charge is 2.30. The Balaban J connectivity index is 2.30. The van der Waals surface area contributed by atoms with E-state index in [4.69, 9.17) is 5.73 Å². The van der Waals surface area contributed by atoms with Crippen LogP contribution < -0.4 is 5.73 Å². The first-order chi connectivity index (χ1) is 18.1. The number of nitrogen functional groups attached to an aromatic ring is 1. The number of anilines is 1. The molecule has 40 heavy (non-hydrogen) atoms. The minimum atomic E-state index is -0.230. The summed E-state index contributed by atoms with van der Waals surface area (Å²) in [6.45, 7) is 25.3. The number of hydrogen-bond donors (Lipinski definition) is 4. The van der Waals surface area contributed by atoms with Crippen LogP contribution in [0.4, 0.5) is 5.69 Å². The van der Waals surface area contributed by atoms with Crippen molar-refractivity contribution in [2.45, 2.75) is 118 Å². The summed E-state index contributed by atoms with van der Waals surface area (Å²) in [4.78, 5) is 0. The van der Waals surface area contributed by atoms with E-state index >= 15 is 0 Å². The first-order valence-electron chi connectivity index (χ1n) is 14.4. The molecule has 3 aromatic carbocycles. The molecule has 0 amide bonds. The van der Waals surface area contributed by atoms with Crippen LogP contribution in [0.5, 0.6) is 17.2 Å². The van der Waals surface area contributed by atoms with Crippen LogP contribution >= 0.6 is 0 Å². The van der Waals surface area contributed by atoms with E-state index in [1.807, 2.05) is 12.1 Å². The first kappa shape index (κ1) is 31.4. The third kappa shape index (κ3) is 6.43. The maximum absolute atomic E-state index is 10.9. The smallest absolute Gasteiger partial charge is 0.121 e. The van der Waals surface area contributed by atoms with E-state index in [1.54, 1.807) is 6.07 Å². The van der Waals surface area contributed by atoms with Crippen LogP contribution in [-0.4, -0.2) is 15.3 Å². The Morgan fingerprint density at radius 1 is 0.575 bits per heavy atom. The molecular weight excluding hydrogens is 494 g/mol. The van der Waals surface area contributed by atoms with Crippen molar-refractivity contribution in [3.05, 3.63) is 80.9 Å². The summed E-state index contributed by atoms with van der Waals surface area (Å²) < 4.78 is 0. The van der Waals surface area contributed by atoms with E-state index in [2.05, 4.69) is 101 Å². The van der Waals surface area contributed by atoms with Crippen LogP contribution in [0.2, 0.25) is 0 Å². The van der Waals surface area contributed by atoms with E-state index in [-0.39, 0.29) is 33.8 Å². The molecule has 0 fully saturated rings. The molecule has 0 heterocycles. The van der Waals surface area contributed by atoms with Gasteiger partial charge in [0.25, 0.3) is 0 Å². The molecule has 0 saturated carbocycles. The lowest BCUT2D eigenvalue weighted by molar-refractivity contribution is 0.444. The van der Waals surface area contributed by atoms with Crippen molar-refractivity contribution in [2.24, 2.45) is 0 Å². The molecule has 4 heteroatoms. The fourth-order valence-electron chi connectivity index (χ4n) is 5.92. The summed E-state index contributed by atoms with van der Waals surface area (Å²) in [5.74, 6) is 0.923. The van der Waals surface area contributed by atoms with Gasteiger partial charge >= 0.3 is 0 Å². The van der Waals surface area contributed by atoms with E-state index in [9.17, 15) is 15.3 Å². The van der Waals surface area contributed by atoms with Crippen LogP contribution in [-0.2, 0) is 16.2 Å². The van der Waals surface area contributed by atoms with Crippen molar-refractivity contribution in [3.8, 4) is 17.2 Å². The number of aromatic hydroxyl groups is 3. The lowest BCUT2D eigenvalue weighted by Gasteiger charge is -2.31. The van der Waals surface area contributed by atoms with Gasteiger partial charge in [0.2, 0.25) is 0 Å². The average molecular weight is 546 g/mol. The summed E-state index contributed by atoms with van der Waals surface area (Å²) in [7, 11) is 0. The molecule has 0 aliphatic rings. The highest BCUT2D eigenvalue weighted by molar-refractivity contribution is 5.58. The van der Waals surface area contributed by atoms with E-state index in [0.717, 1.165) is 50.9 Å². The highest BCUT2D eigenvalue weighted by Crippen LogP contribution is 2.46. The second-order valence-corrected chi connectivity index (χ2v) is 14.9. The van der Waals surface area contributed by atoms with E-state index in [1.165, 1.54) is 0 Å². The quantitative estimate of drug-likeness (QED) is 0.241. The largest absolute Gasteiger partial charge is 0.508 e. The molecule has 0 aliphatic heterocycles. The third-order valence-electron chi connectivity index (χ3n) is 8.27. The van der Waals surface area contributed by atoms with Crippen LogP contribution in [0.1, 0.15) is 132 Å². The molecule has 1 unspecified atom stereocenters. The monoisotopic (exact) mass is 545 g/mol. The SMILES string of the molecule is Cc1cc(O)c(C(C)(C)C)cc1C(CC(C)c1cc(C(C)(C)C)c(O)cc1N)c1cc(C(C)(C)C)c(O)cc1C. The zero-order valence-corrected chi connectivity index (χ0v) is 26.7. The third-order valence-corrected chi connectivity index (χ3v) is 8.27. The van der Waals surface area contributed by atoms with Crippen molar-refractivity contribution in [1.29, 1.82) is 0 Å². The topological polar surface area (TPSA) is 86.7 Å². The number of nitrogens with two attached hydrogens (primary N) is 1. The van der Waals surface area contributed by atoms with Gasteiger partial charge in [-0.1, -0.05) is 81.4 Å². The zero-order valence-electron chi connectivity index (χ0n) is 26.7. The van der Waals surface area contributed by atoms with Gasteiger partial charge in [-0.15, -0.1) is 0 Å². The molecule has 0 aliphatic carbocycles. The summed E-state index contributed by atoms with van der Waals surface area (Å²) in [5.41, 5.74) is 14.5. The number of aryl methyl sites for hydroxylation is 2. The standard InChI is InChI=1S/C36H51NO3/c1-20(25-18-29(36(10,11)12)33(40)19-30(25)37)13-26(23-16-27(34(4,5)6)31(38)14-21(23)2)24-17-28(35(7,8)9)32(39)15-22(24)3/h14-20,26,38-40H,13,37H2,1-12H3. The van der Waals surface area contributed by atoms with Crippen molar-refractivity contribution >= 4 is 5.69 Å². The molecule has 3 rings (SSSR count). The molecule has 4 nitrogen and oxygen atoms in total. The van der Waals surface area contributed by atoms with Gasteiger partial charge in [-0.3, -0.25) is 0 Å². The van der Waals surface area contributed by atoms with Crippen molar-refractivity contribution < 1.29 is 15.3 Å². The first-order valence-corrected chi connectivity index (χ1v) is 14.4. The highest BCUT2D eigenvalue weighted by atomic mass is 16.3. The predicted molar refractivity (Wildman–Crippen MR) is 169 cm³/mol. The van der Waals surface area contributed by atoms with E-state index in [0.29, 0.717) is 17.2 Å². The molecule has 218 valence electrons. The Labute approximate surface area is 242 Å². The summed E-state index contributed by atoms with van der Waals surface area (Å²) >= 11 is 0. The molecule has 1 atom stereocenters. The molecular formula is C36H51NO3. The van der Waals surface area contributed by atoms with Crippen LogP contribution in [0.15, 0.2) is 36.4 Å². The van der Waals surface area contributed by atoms with Gasteiger partial charge in [0, 0.05) is 17.7 Å². The van der Waals surface area contributed by atoms with Gasteiger partial charge in [0.15, 0.2) is 0 Å². The molecule has 0 radical (unpaired) electrons. The Hall–Kier alpha value is -3.14. The number of hydrogen-bond acceptors (Lipinski definition) is 4. The minimum Gasteiger partial charge on any atom is -0.508 e. The Morgan fingerprint density at radius 3 is 1.25 bits per heavy atom. The fraction of sp³-hybridized carbons (Fsp3) is 0.500. The minimum absolute atomic E-state index is 0.00955. The van der Waals surface area contributed by atoms with Crippen LogP contribution in [0.3, 0.4) is 0 Å². The number of phenolic OH excluding ortho intramolecular Hbond substituents is 3. The molecule has 0 bridgehead atoms. The molecule has 0 saturated heterocycles. The molecule has 5 N–H and O–H groups in total. The normalized spacial score (nSPS) is 13.6. The van der Waals surface area contributed by atoms with Crippen molar-refractivity contribution in [1.82, 2.24) is 0 Å². The average Bonchev–Trinajstić information content (AvgIpc) is 2.75. The maximum atomic E-state index is 10.9. The molecule has 0 aromatic heterocycles. The number of benzene rings is 3. The number of rotatable bonds is 5. The predicted octanol–water partition coefficient (Wildman–Crippen LogP) is 9.22. The molecule has 0 spiro atoms.